The molecule has 2 heteroatoms. The molecule has 2 N–H and O–H groups in total. The summed E-state index contributed by atoms with van der Waals surface area (Å²) >= 11 is 0. The Morgan fingerprint density at radius 1 is 0.941 bits per heavy atom. The van der Waals surface area contributed by atoms with Crippen LogP contribution in [0.3, 0.4) is 0 Å². The highest BCUT2D eigenvalue weighted by atomic mass is 16.1. The highest BCUT2D eigenvalue weighted by Gasteiger charge is 2.09. The van der Waals surface area contributed by atoms with Gasteiger partial charge < -0.3 is 5.73 Å². The van der Waals surface area contributed by atoms with Crippen LogP contribution in [0.5, 0.6) is 0 Å². The fourth-order valence-electron chi connectivity index (χ4n) is 1.73. The van der Waals surface area contributed by atoms with E-state index >= 15 is 0 Å². The standard InChI is InChI=1S/C15H15NO/c1-10-6-7-13(8-11(10)2)15(17)12-4-3-5-14(16)9-12/h3-9H,16H2,1-2H3. The number of ketones is 1. The van der Waals surface area contributed by atoms with Crippen molar-refractivity contribution in [3.05, 3.63) is 64.7 Å². The molecule has 0 aliphatic rings. The van der Waals surface area contributed by atoms with Crippen molar-refractivity contribution in [3.8, 4) is 0 Å². The highest BCUT2D eigenvalue weighted by molar-refractivity contribution is 6.09. The van der Waals surface area contributed by atoms with Crippen molar-refractivity contribution in [2.24, 2.45) is 0 Å². The maximum absolute atomic E-state index is 12.2. The Labute approximate surface area is 101 Å². The first-order chi connectivity index (χ1) is 8.08. The van der Waals surface area contributed by atoms with E-state index in [1.165, 1.54) is 5.56 Å². The number of anilines is 1. The summed E-state index contributed by atoms with van der Waals surface area (Å²) in [6.07, 6.45) is 0. The Morgan fingerprint density at radius 3 is 2.29 bits per heavy atom. The lowest BCUT2D eigenvalue weighted by atomic mass is 9.99. The summed E-state index contributed by atoms with van der Waals surface area (Å²) in [7, 11) is 0. The number of carbonyl (C=O) groups excluding carboxylic acids is 1. The van der Waals surface area contributed by atoms with Gasteiger partial charge in [0.25, 0.3) is 0 Å². The van der Waals surface area contributed by atoms with Gasteiger partial charge >= 0.3 is 0 Å². The van der Waals surface area contributed by atoms with Crippen LogP contribution in [0.25, 0.3) is 0 Å². The molecule has 0 bridgehead atoms. The van der Waals surface area contributed by atoms with Gasteiger partial charge in [-0.1, -0.05) is 24.3 Å². The van der Waals surface area contributed by atoms with Gasteiger partial charge in [-0.15, -0.1) is 0 Å². The minimum Gasteiger partial charge on any atom is -0.399 e. The third-order valence-corrected chi connectivity index (χ3v) is 2.92. The van der Waals surface area contributed by atoms with Crippen LogP contribution in [0.15, 0.2) is 42.5 Å². The zero-order valence-electron chi connectivity index (χ0n) is 10.0. The third-order valence-electron chi connectivity index (χ3n) is 2.92. The number of nitrogen functional groups attached to an aromatic ring is 1. The van der Waals surface area contributed by atoms with Gasteiger partial charge in [-0.05, 0) is 43.2 Å². The number of hydrogen-bond acceptors (Lipinski definition) is 2. The number of aryl methyl sites for hydroxylation is 2. The van der Waals surface area contributed by atoms with E-state index in [1.807, 2.05) is 32.0 Å². The molecule has 2 nitrogen and oxygen atoms in total. The number of hydrogen-bond donors (Lipinski definition) is 1. The van der Waals surface area contributed by atoms with Gasteiger partial charge in [0.1, 0.15) is 0 Å². The van der Waals surface area contributed by atoms with E-state index < -0.39 is 0 Å². The smallest absolute Gasteiger partial charge is 0.193 e. The second kappa shape index (κ2) is 4.42. The molecule has 0 unspecified atom stereocenters. The number of carbonyl (C=O) groups is 1. The lowest BCUT2D eigenvalue weighted by Gasteiger charge is -2.05. The number of nitrogens with two attached hydrogens (primary N) is 1. The van der Waals surface area contributed by atoms with Crippen LogP contribution >= 0.6 is 0 Å². The van der Waals surface area contributed by atoms with Crippen LogP contribution in [0.2, 0.25) is 0 Å². The van der Waals surface area contributed by atoms with Gasteiger partial charge in [-0.3, -0.25) is 4.79 Å². The van der Waals surface area contributed by atoms with Crippen molar-refractivity contribution >= 4 is 11.5 Å². The average molecular weight is 225 g/mol. The molecular formula is C15H15NO. The molecule has 17 heavy (non-hydrogen) atoms. The van der Waals surface area contributed by atoms with Crippen LogP contribution < -0.4 is 5.73 Å². The molecule has 0 amide bonds. The molecule has 0 heterocycles. The summed E-state index contributed by atoms with van der Waals surface area (Å²) in [5.41, 5.74) is 9.94. The average Bonchev–Trinajstić information content (AvgIpc) is 2.32. The highest BCUT2D eigenvalue weighted by Crippen LogP contribution is 2.15. The van der Waals surface area contributed by atoms with Gasteiger partial charge in [0.15, 0.2) is 5.78 Å². The summed E-state index contributed by atoms with van der Waals surface area (Å²) in [4.78, 5) is 12.2. The van der Waals surface area contributed by atoms with E-state index in [4.69, 9.17) is 5.73 Å². The maximum atomic E-state index is 12.2. The van der Waals surface area contributed by atoms with Crippen LogP contribution in [-0.4, -0.2) is 5.78 Å². The maximum Gasteiger partial charge on any atom is 0.193 e. The second-order valence-electron chi connectivity index (χ2n) is 4.25. The summed E-state index contributed by atoms with van der Waals surface area (Å²) in [5.74, 6) is 0.0143. The number of rotatable bonds is 2. The van der Waals surface area contributed by atoms with E-state index in [-0.39, 0.29) is 5.78 Å². The molecule has 2 aromatic rings. The van der Waals surface area contributed by atoms with Crippen molar-refractivity contribution in [1.82, 2.24) is 0 Å². The lowest BCUT2D eigenvalue weighted by molar-refractivity contribution is 0.103. The van der Waals surface area contributed by atoms with E-state index in [1.54, 1.807) is 24.3 Å². The molecule has 0 fully saturated rings. The second-order valence-corrected chi connectivity index (χ2v) is 4.25. The van der Waals surface area contributed by atoms with E-state index in [2.05, 4.69) is 0 Å². The molecule has 0 aliphatic heterocycles. The van der Waals surface area contributed by atoms with Crippen LogP contribution in [-0.2, 0) is 0 Å². The minimum atomic E-state index is 0.0143. The lowest BCUT2D eigenvalue weighted by Crippen LogP contribution is -2.02. The van der Waals surface area contributed by atoms with Crippen LogP contribution in [0, 0.1) is 13.8 Å². The summed E-state index contributed by atoms with van der Waals surface area (Å²) < 4.78 is 0. The van der Waals surface area contributed by atoms with E-state index in [0.717, 1.165) is 5.56 Å². The molecule has 0 atom stereocenters. The van der Waals surface area contributed by atoms with Crippen LogP contribution in [0.4, 0.5) is 5.69 Å². The fraction of sp³-hybridized carbons (Fsp3) is 0.133. The Hall–Kier alpha value is -2.09. The molecule has 0 aliphatic carbocycles. The first kappa shape index (κ1) is 11.4. The summed E-state index contributed by atoms with van der Waals surface area (Å²) in [6, 6.07) is 12.8. The van der Waals surface area contributed by atoms with Crippen molar-refractivity contribution in [2.45, 2.75) is 13.8 Å². The molecule has 2 aromatic carbocycles. The normalized spacial score (nSPS) is 10.2. The van der Waals surface area contributed by atoms with Crippen molar-refractivity contribution in [2.75, 3.05) is 5.73 Å². The molecule has 0 saturated heterocycles. The monoisotopic (exact) mass is 225 g/mol. The van der Waals surface area contributed by atoms with Crippen molar-refractivity contribution in [3.63, 3.8) is 0 Å². The SMILES string of the molecule is Cc1ccc(C(=O)c2cccc(N)c2)cc1C. The summed E-state index contributed by atoms with van der Waals surface area (Å²) in [6.45, 7) is 4.04. The van der Waals surface area contributed by atoms with Gasteiger partial charge in [0.05, 0.1) is 0 Å². The summed E-state index contributed by atoms with van der Waals surface area (Å²) in [5, 5.41) is 0. The Kier molecular flexibility index (Phi) is 2.96. The zero-order chi connectivity index (χ0) is 12.4. The number of benzene rings is 2. The zero-order valence-corrected chi connectivity index (χ0v) is 10.0. The van der Waals surface area contributed by atoms with E-state index in [9.17, 15) is 4.79 Å². The van der Waals surface area contributed by atoms with E-state index in [0.29, 0.717) is 16.8 Å². The quantitative estimate of drug-likeness (QED) is 0.630. The fourth-order valence-corrected chi connectivity index (χ4v) is 1.73. The first-order valence-electron chi connectivity index (χ1n) is 5.55. The Morgan fingerprint density at radius 2 is 1.65 bits per heavy atom. The molecule has 0 radical (unpaired) electrons. The van der Waals surface area contributed by atoms with Crippen molar-refractivity contribution in [1.29, 1.82) is 0 Å². The molecular weight excluding hydrogens is 210 g/mol. The predicted molar refractivity (Wildman–Crippen MR) is 70.2 cm³/mol. The topological polar surface area (TPSA) is 43.1 Å². The molecule has 86 valence electrons. The molecule has 0 aromatic heterocycles. The largest absolute Gasteiger partial charge is 0.399 e. The minimum absolute atomic E-state index is 0.0143. The third kappa shape index (κ3) is 2.36. The first-order valence-corrected chi connectivity index (χ1v) is 5.55. The molecule has 0 saturated carbocycles. The van der Waals surface area contributed by atoms with Crippen LogP contribution in [0.1, 0.15) is 27.0 Å². The predicted octanol–water partition coefficient (Wildman–Crippen LogP) is 3.12. The molecule has 2 rings (SSSR count). The van der Waals surface area contributed by atoms with Gasteiger partial charge in [0, 0.05) is 16.8 Å². The Balaban J connectivity index is 2.40. The van der Waals surface area contributed by atoms with Gasteiger partial charge in [-0.25, -0.2) is 0 Å². The van der Waals surface area contributed by atoms with Crippen molar-refractivity contribution < 1.29 is 4.79 Å². The van der Waals surface area contributed by atoms with Gasteiger partial charge in [-0.2, -0.15) is 0 Å². The van der Waals surface area contributed by atoms with Gasteiger partial charge in [0.2, 0.25) is 0 Å². The molecule has 0 spiro atoms. The Bertz CT molecular complexity index is 573.